The van der Waals surface area contributed by atoms with Crippen molar-refractivity contribution in [1.82, 2.24) is 10.2 Å². The lowest BCUT2D eigenvalue weighted by atomic mass is 9.81. The largest absolute Gasteiger partial charge is 0.748 e. The Kier molecular flexibility index (Phi) is 16.3. The van der Waals surface area contributed by atoms with Crippen LogP contribution in [-0.2, 0) is 65.7 Å². The molecule has 0 atom stereocenters. The van der Waals surface area contributed by atoms with Crippen LogP contribution in [0.1, 0.15) is 77.3 Å². The first-order valence-electron chi connectivity index (χ1n) is 21.1. The quantitative estimate of drug-likeness (QED) is 0.0583. The van der Waals surface area contributed by atoms with Crippen molar-refractivity contribution in [2.45, 2.75) is 86.8 Å². The van der Waals surface area contributed by atoms with E-state index in [0.717, 1.165) is 25.0 Å². The Morgan fingerprint density at radius 2 is 1.30 bits per heavy atom. The monoisotopic (exact) mass is 1000 g/mol. The van der Waals surface area contributed by atoms with Crippen molar-refractivity contribution in [2.75, 3.05) is 42.6 Å². The fourth-order valence-electron chi connectivity index (χ4n) is 8.23. The first-order chi connectivity index (χ1) is 31.0. The number of unbranched alkanes of at least 4 members (excludes halogenated alkanes) is 3. The van der Waals surface area contributed by atoms with Crippen LogP contribution in [0.15, 0.2) is 106 Å². The molecule has 0 radical (unpaired) electrons. The first kappa shape index (κ1) is 52.8. The van der Waals surface area contributed by atoms with Crippen molar-refractivity contribution in [3.8, 4) is 0 Å². The predicted molar refractivity (Wildman–Crippen MR) is 242 cm³/mol. The van der Waals surface area contributed by atoms with Gasteiger partial charge in [-0.2, -0.15) is 4.58 Å². The average Bonchev–Trinajstić information content (AvgIpc) is 3.73. The summed E-state index contributed by atoms with van der Waals surface area (Å²) in [6, 6.07) is 7.35. The Hall–Kier alpha value is -5.14. The zero-order chi connectivity index (χ0) is 49.8. The highest BCUT2D eigenvalue weighted by molar-refractivity contribution is 7.86. The third-order valence-electron chi connectivity index (χ3n) is 11.7. The Balaban J connectivity index is 1.43. The molecule has 1 N–H and O–H groups in total. The summed E-state index contributed by atoms with van der Waals surface area (Å²) in [4.78, 5) is 38.3. The standard InChI is InChI=1S/C44H54N4O15S4/c1-43(2)34-29-32(66(58,59)60)16-18-36(34)46(25-27-64(52,53)54)38(43)13-9-11-31(15-20-40(49)45-23-7-5-6-8-24-48-41(50)21-22-42(48)51)12-10-14-39-44(3,4)35-30-33(67(61,62)63)17-19-37(35)47(39)26-28-65(55,56)57/h9-14,16-19,21-22,29-30H,5-8,15,20,23-28H2,1-4H3,(H4-,45,49,52,53,54,55,56,57,58,59,60,61,62,63)/p-3. The number of nitrogens with zero attached hydrogens (tertiary/aromatic N) is 3. The van der Waals surface area contributed by atoms with Gasteiger partial charge in [-0.15, -0.1) is 0 Å². The molecule has 67 heavy (non-hydrogen) atoms. The van der Waals surface area contributed by atoms with Gasteiger partial charge in [-0.3, -0.25) is 19.3 Å². The molecular weight excluding hydrogens is 953 g/mol. The molecule has 3 aliphatic rings. The fourth-order valence-corrected chi connectivity index (χ4v) is 10.0. The molecular formula is C44H51N4O15S4-3. The van der Waals surface area contributed by atoms with E-state index in [4.69, 9.17) is 0 Å². The molecule has 0 spiro atoms. The lowest BCUT2D eigenvalue weighted by Gasteiger charge is -2.27. The number of allylic oxidation sites excluding steroid dienone is 8. The topological polar surface area (TPSA) is 302 Å². The number of carbonyl (C=O) groups excluding carboxylic acids is 3. The van der Waals surface area contributed by atoms with Gasteiger partial charge in [-0.05, 0) is 80.7 Å². The molecule has 2 aromatic rings. The van der Waals surface area contributed by atoms with Crippen molar-refractivity contribution < 1.29 is 70.8 Å². The molecule has 19 nitrogen and oxygen atoms in total. The maximum Gasteiger partial charge on any atom is 0.253 e. The number of imide groups is 1. The second-order valence-corrected chi connectivity index (χ2v) is 23.0. The summed E-state index contributed by atoms with van der Waals surface area (Å²) in [5.74, 6) is -2.55. The van der Waals surface area contributed by atoms with Crippen LogP contribution in [0.4, 0.5) is 11.4 Å². The molecule has 3 aliphatic heterocycles. The highest BCUT2D eigenvalue weighted by Gasteiger charge is 2.45. The van der Waals surface area contributed by atoms with E-state index in [1.807, 2.05) is 0 Å². The summed E-state index contributed by atoms with van der Waals surface area (Å²) < 4.78 is 144. The normalized spacial score (nSPS) is 18.0. The van der Waals surface area contributed by atoms with E-state index in [2.05, 4.69) is 5.32 Å². The molecule has 2 aromatic carbocycles. The summed E-state index contributed by atoms with van der Waals surface area (Å²) in [7, 11) is -19.1. The summed E-state index contributed by atoms with van der Waals surface area (Å²) >= 11 is 0. The molecule has 0 aromatic heterocycles. The van der Waals surface area contributed by atoms with E-state index >= 15 is 0 Å². The van der Waals surface area contributed by atoms with Crippen LogP contribution in [0, 0.1) is 0 Å². The van der Waals surface area contributed by atoms with Crippen LogP contribution in [0.5, 0.6) is 0 Å². The number of hydrogen-bond donors (Lipinski definition) is 1. The van der Waals surface area contributed by atoms with Crippen LogP contribution >= 0.6 is 0 Å². The maximum atomic E-state index is 13.1. The molecule has 0 saturated carbocycles. The van der Waals surface area contributed by atoms with E-state index in [1.165, 1.54) is 41.3 Å². The predicted octanol–water partition coefficient (Wildman–Crippen LogP) is 3.06. The van der Waals surface area contributed by atoms with E-state index in [-0.39, 0.29) is 43.7 Å². The summed E-state index contributed by atoms with van der Waals surface area (Å²) in [5, 5.41) is 2.88. The third-order valence-corrected chi connectivity index (χ3v) is 14.8. The van der Waals surface area contributed by atoms with Gasteiger partial charge in [0.15, 0.2) is 12.3 Å². The number of fused-ring (bicyclic) bond motifs is 2. The number of hydrogen-bond acceptors (Lipinski definition) is 16. The number of nitrogens with one attached hydrogen (secondary N) is 1. The van der Waals surface area contributed by atoms with E-state index in [0.29, 0.717) is 65.4 Å². The van der Waals surface area contributed by atoms with Gasteiger partial charge in [-0.1, -0.05) is 51.0 Å². The number of carbonyl (C=O) groups is 3. The van der Waals surface area contributed by atoms with Gasteiger partial charge < -0.3 is 28.4 Å². The van der Waals surface area contributed by atoms with Crippen LogP contribution in [0.25, 0.3) is 0 Å². The van der Waals surface area contributed by atoms with Crippen LogP contribution in [0.3, 0.4) is 0 Å². The third kappa shape index (κ3) is 13.5. The van der Waals surface area contributed by atoms with Gasteiger partial charge in [0.05, 0.1) is 36.8 Å². The second kappa shape index (κ2) is 20.6. The Morgan fingerprint density at radius 3 is 1.91 bits per heavy atom. The lowest BCUT2D eigenvalue weighted by Crippen LogP contribution is -2.30. The highest BCUT2D eigenvalue weighted by atomic mass is 32.2. The molecule has 5 rings (SSSR count). The first-order valence-corrected chi connectivity index (χ1v) is 27.0. The van der Waals surface area contributed by atoms with Crippen LogP contribution < -0.4 is 10.2 Å². The smallest absolute Gasteiger partial charge is 0.253 e. The average molecular weight is 1000 g/mol. The molecule has 364 valence electrons. The van der Waals surface area contributed by atoms with Gasteiger partial charge in [0, 0.05) is 72.7 Å². The van der Waals surface area contributed by atoms with Crippen molar-refractivity contribution in [3.05, 3.63) is 107 Å². The van der Waals surface area contributed by atoms with Crippen LogP contribution in [0.2, 0.25) is 0 Å². The van der Waals surface area contributed by atoms with Gasteiger partial charge in [-0.25, -0.2) is 33.7 Å². The SMILES string of the molecule is CC1(C)C(/C=C/C=C(/C=C/C=C2/N(CCS(=O)(=O)[O-])c3ccc(S(=O)(=O)[O-])cc3C2(C)C)CCC(=O)NCCCCCCN2C(=O)C=CC2=O)=[N+](CCS(=O)(=O)[O-])c2ccc(S(=O)(=O)[O-])cc21. The van der Waals surface area contributed by atoms with Gasteiger partial charge >= 0.3 is 0 Å². The lowest BCUT2D eigenvalue weighted by molar-refractivity contribution is -0.432. The van der Waals surface area contributed by atoms with E-state index in [1.54, 1.807) is 73.6 Å². The molecule has 3 amide bonds. The minimum atomic E-state index is -4.86. The van der Waals surface area contributed by atoms with E-state index < -0.39 is 72.6 Å². The summed E-state index contributed by atoms with van der Waals surface area (Å²) in [6.45, 7) is 6.99. The molecule has 23 heteroatoms. The number of anilines is 1. The zero-order valence-corrected chi connectivity index (χ0v) is 40.4. The molecule has 0 fully saturated rings. The van der Waals surface area contributed by atoms with E-state index in [9.17, 15) is 66.3 Å². The Labute approximate surface area is 391 Å². The summed E-state index contributed by atoms with van der Waals surface area (Å²) in [5.41, 5.74) is 1.00. The number of benzene rings is 2. The van der Waals surface area contributed by atoms with Crippen molar-refractivity contribution >= 4 is 75.3 Å². The Morgan fingerprint density at radius 1 is 0.701 bits per heavy atom. The van der Waals surface area contributed by atoms with Crippen LogP contribution in [-0.4, -0.2) is 122 Å². The molecule has 3 heterocycles. The molecule has 0 unspecified atom stereocenters. The fraction of sp³-hybridized carbons (Fsp3) is 0.409. The maximum absolute atomic E-state index is 13.1. The molecule has 0 aliphatic carbocycles. The van der Waals surface area contributed by atoms with Gasteiger partial charge in [0.1, 0.15) is 30.4 Å². The molecule has 0 bridgehead atoms. The van der Waals surface area contributed by atoms with Crippen molar-refractivity contribution in [2.24, 2.45) is 0 Å². The van der Waals surface area contributed by atoms with Gasteiger partial charge in [0.25, 0.3) is 11.8 Å². The van der Waals surface area contributed by atoms with Crippen molar-refractivity contribution in [3.63, 3.8) is 0 Å². The Bertz CT molecular complexity index is 2950. The number of rotatable bonds is 22. The minimum absolute atomic E-state index is 0.0110. The van der Waals surface area contributed by atoms with Crippen molar-refractivity contribution in [1.29, 1.82) is 0 Å². The summed E-state index contributed by atoms with van der Waals surface area (Å²) in [6.07, 6.45) is 15.1. The second-order valence-electron chi connectivity index (χ2n) is 17.2. The zero-order valence-electron chi connectivity index (χ0n) is 37.2. The molecule has 0 saturated heterocycles. The van der Waals surface area contributed by atoms with Gasteiger partial charge in [0.2, 0.25) is 11.6 Å². The minimum Gasteiger partial charge on any atom is -0.748 e. The number of amides is 3. The highest BCUT2D eigenvalue weighted by Crippen LogP contribution is 2.48.